The molecular weight excluding hydrogens is 460 g/mol. The molecule has 7 nitrogen and oxygen atoms in total. The van der Waals surface area contributed by atoms with Gasteiger partial charge in [0.2, 0.25) is 5.91 Å². The van der Waals surface area contributed by atoms with Crippen LogP contribution in [-0.2, 0) is 11.8 Å². The Morgan fingerprint density at radius 3 is 2.34 bits per heavy atom. The van der Waals surface area contributed by atoms with Crippen molar-refractivity contribution in [2.24, 2.45) is 7.05 Å². The van der Waals surface area contributed by atoms with Crippen LogP contribution in [0.25, 0.3) is 5.69 Å². The normalized spacial score (nSPS) is 10.7. The number of benzene rings is 3. The molecule has 2 amide bonds. The Balaban J connectivity index is 1.41. The maximum absolute atomic E-state index is 13.0. The number of nitrogens with one attached hydrogen (secondary N) is 2. The molecule has 0 aliphatic heterocycles. The second-order valence-corrected chi connectivity index (χ2v) is 9.12. The molecule has 4 aromatic rings. The maximum atomic E-state index is 13.0. The summed E-state index contributed by atoms with van der Waals surface area (Å²) in [4.78, 5) is 39.1. The van der Waals surface area contributed by atoms with Gasteiger partial charge >= 0.3 is 0 Å². The molecule has 0 aliphatic carbocycles. The van der Waals surface area contributed by atoms with Crippen LogP contribution in [0.4, 0.5) is 11.4 Å². The molecule has 0 bridgehead atoms. The fraction of sp³-hybridized carbons (Fsp3) is 0.148. The lowest BCUT2D eigenvalue weighted by molar-refractivity contribution is -0.113. The van der Waals surface area contributed by atoms with Gasteiger partial charge in [-0.1, -0.05) is 42.5 Å². The number of aromatic nitrogens is 2. The van der Waals surface area contributed by atoms with Crippen LogP contribution in [0.2, 0.25) is 0 Å². The zero-order valence-corrected chi connectivity index (χ0v) is 20.6. The van der Waals surface area contributed by atoms with Gasteiger partial charge in [0.05, 0.1) is 17.1 Å². The molecule has 0 fully saturated rings. The largest absolute Gasteiger partial charge is 0.322 e. The smallest absolute Gasteiger partial charge is 0.295 e. The van der Waals surface area contributed by atoms with Crippen molar-refractivity contribution in [3.8, 4) is 5.69 Å². The first-order valence-electron chi connectivity index (χ1n) is 11.1. The highest BCUT2D eigenvalue weighted by atomic mass is 32.2. The van der Waals surface area contributed by atoms with E-state index in [0.29, 0.717) is 16.9 Å². The van der Waals surface area contributed by atoms with Crippen molar-refractivity contribution in [2.75, 3.05) is 16.4 Å². The third kappa shape index (κ3) is 5.38. The van der Waals surface area contributed by atoms with Crippen molar-refractivity contribution < 1.29 is 9.59 Å². The molecule has 2 N–H and O–H groups in total. The molecule has 35 heavy (non-hydrogen) atoms. The summed E-state index contributed by atoms with van der Waals surface area (Å²) in [5.41, 5.74) is 3.53. The molecule has 4 rings (SSSR count). The number of hydrogen-bond acceptors (Lipinski definition) is 4. The van der Waals surface area contributed by atoms with Gasteiger partial charge in [0.1, 0.15) is 5.69 Å². The van der Waals surface area contributed by atoms with E-state index < -0.39 is 0 Å². The Bertz CT molecular complexity index is 1440. The molecule has 0 saturated heterocycles. The molecule has 0 saturated carbocycles. The maximum Gasteiger partial charge on any atom is 0.295 e. The third-order valence-electron chi connectivity index (χ3n) is 5.67. The van der Waals surface area contributed by atoms with E-state index in [4.69, 9.17) is 0 Å². The van der Waals surface area contributed by atoms with E-state index in [1.165, 1.54) is 16.4 Å². The van der Waals surface area contributed by atoms with Crippen LogP contribution in [-0.4, -0.2) is 26.9 Å². The molecule has 3 aromatic carbocycles. The molecule has 8 heteroatoms. The summed E-state index contributed by atoms with van der Waals surface area (Å²) >= 11 is 1.33. The number of rotatable bonds is 7. The summed E-state index contributed by atoms with van der Waals surface area (Å²) in [6.45, 7) is 3.69. The Morgan fingerprint density at radius 2 is 1.60 bits per heavy atom. The number of aryl methyl sites for hydroxylation is 1. The lowest BCUT2D eigenvalue weighted by atomic mass is 10.1. The van der Waals surface area contributed by atoms with Crippen molar-refractivity contribution in [2.45, 2.75) is 18.7 Å². The molecule has 1 heterocycles. The molecule has 0 radical (unpaired) electrons. The number of carbonyl (C=O) groups is 2. The number of anilines is 2. The zero-order chi connectivity index (χ0) is 24.9. The van der Waals surface area contributed by atoms with Crippen molar-refractivity contribution >= 4 is 35.0 Å². The summed E-state index contributed by atoms with van der Waals surface area (Å²) in [5.74, 6) is -0.346. The summed E-state index contributed by atoms with van der Waals surface area (Å²) in [7, 11) is 1.78. The number of para-hydroxylation sites is 1. The highest BCUT2D eigenvalue weighted by molar-refractivity contribution is 8.00. The predicted molar refractivity (Wildman–Crippen MR) is 141 cm³/mol. The molecule has 0 atom stereocenters. The number of nitrogens with zero attached hydrogens (tertiary/aromatic N) is 2. The second kappa shape index (κ2) is 10.5. The first kappa shape index (κ1) is 24.1. The van der Waals surface area contributed by atoms with Crippen LogP contribution in [0.15, 0.2) is 88.6 Å². The lowest BCUT2D eigenvalue weighted by Crippen LogP contribution is -2.23. The van der Waals surface area contributed by atoms with Crippen molar-refractivity contribution in [3.05, 3.63) is 106 Å². The fourth-order valence-corrected chi connectivity index (χ4v) is 4.48. The van der Waals surface area contributed by atoms with E-state index in [1.807, 2.05) is 73.7 Å². The van der Waals surface area contributed by atoms with Crippen molar-refractivity contribution in [1.29, 1.82) is 0 Å². The number of amides is 2. The van der Waals surface area contributed by atoms with Crippen molar-refractivity contribution in [3.63, 3.8) is 0 Å². The molecule has 0 spiro atoms. The molecule has 178 valence electrons. The highest BCUT2D eigenvalue weighted by Crippen LogP contribution is 2.23. The minimum absolute atomic E-state index is 0.119. The first-order valence-corrected chi connectivity index (χ1v) is 12.1. The van der Waals surface area contributed by atoms with Crippen LogP contribution in [0, 0.1) is 13.8 Å². The molecule has 0 unspecified atom stereocenters. The van der Waals surface area contributed by atoms with Crippen LogP contribution < -0.4 is 16.2 Å². The first-order chi connectivity index (χ1) is 16.8. The summed E-state index contributed by atoms with van der Waals surface area (Å²) in [6, 6.07) is 24.0. The Labute approximate surface area is 207 Å². The van der Waals surface area contributed by atoms with E-state index in [-0.39, 0.29) is 28.8 Å². The van der Waals surface area contributed by atoms with Gasteiger partial charge in [-0.25, -0.2) is 4.68 Å². The summed E-state index contributed by atoms with van der Waals surface area (Å²) in [5, 5.41) is 5.68. The number of thioether (sulfide) groups is 1. The van der Waals surface area contributed by atoms with Gasteiger partial charge in [0, 0.05) is 23.2 Å². The SMILES string of the molecule is Cc1ccccc1C(=O)Nc1cccc(SCC(=O)Nc2c(C)n(C)n(-c3ccccc3)c2=O)c1. The topological polar surface area (TPSA) is 85.1 Å². The van der Waals surface area contributed by atoms with E-state index >= 15 is 0 Å². The summed E-state index contributed by atoms with van der Waals surface area (Å²) in [6.07, 6.45) is 0. The van der Waals surface area contributed by atoms with Crippen LogP contribution in [0.1, 0.15) is 21.6 Å². The zero-order valence-electron chi connectivity index (χ0n) is 19.7. The van der Waals surface area contributed by atoms with Crippen LogP contribution in [0.3, 0.4) is 0 Å². The van der Waals surface area contributed by atoms with Gasteiger partial charge < -0.3 is 10.6 Å². The minimum Gasteiger partial charge on any atom is -0.322 e. The van der Waals surface area contributed by atoms with E-state index in [9.17, 15) is 14.4 Å². The number of hydrogen-bond donors (Lipinski definition) is 2. The van der Waals surface area contributed by atoms with E-state index in [1.54, 1.807) is 30.8 Å². The summed E-state index contributed by atoms with van der Waals surface area (Å²) < 4.78 is 3.25. The Morgan fingerprint density at radius 1 is 0.886 bits per heavy atom. The minimum atomic E-state index is -0.282. The number of carbonyl (C=O) groups excluding carboxylic acids is 2. The van der Waals surface area contributed by atoms with Gasteiger partial charge in [-0.3, -0.25) is 19.1 Å². The fourth-order valence-electron chi connectivity index (χ4n) is 3.73. The average Bonchev–Trinajstić information content (AvgIpc) is 3.06. The van der Waals surface area contributed by atoms with Crippen molar-refractivity contribution in [1.82, 2.24) is 9.36 Å². The van der Waals surface area contributed by atoms with Crippen LogP contribution in [0.5, 0.6) is 0 Å². The monoisotopic (exact) mass is 486 g/mol. The second-order valence-electron chi connectivity index (χ2n) is 8.07. The predicted octanol–water partition coefficient (Wildman–Crippen LogP) is 4.78. The van der Waals surface area contributed by atoms with Gasteiger partial charge in [0.15, 0.2) is 0 Å². The molecule has 1 aromatic heterocycles. The Kier molecular flexibility index (Phi) is 7.22. The third-order valence-corrected chi connectivity index (χ3v) is 6.66. The standard InChI is InChI=1S/C27H26N4O3S/c1-18-10-7-8-15-23(18)26(33)28-20-11-9-14-22(16-20)35-17-24(32)29-25-19(2)30(3)31(27(25)34)21-12-5-4-6-13-21/h4-16H,17H2,1-3H3,(H,28,33)(H,29,32). The van der Waals surface area contributed by atoms with Gasteiger partial charge in [-0.15, -0.1) is 11.8 Å². The lowest BCUT2D eigenvalue weighted by Gasteiger charge is -2.09. The molecule has 0 aliphatic rings. The average molecular weight is 487 g/mol. The van der Waals surface area contributed by atoms with E-state index in [2.05, 4.69) is 10.6 Å². The van der Waals surface area contributed by atoms with Crippen LogP contribution >= 0.6 is 11.8 Å². The highest BCUT2D eigenvalue weighted by Gasteiger charge is 2.18. The van der Waals surface area contributed by atoms with Gasteiger partial charge in [0.25, 0.3) is 11.5 Å². The Hall–Kier alpha value is -4.04. The van der Waals surface area contributed by atoms with Gasteiger partial charge in [-0.05, 0) is 55.8 Å². The molecular formula is C27H26N4O3S. The van der Waals surface area contributed by atoms with Gasteiger partial charge in [-0.2, -0.15) is 0 Å². The quantitative estimate of drug-likeness (QED) is 0.368. The van der Waals surface area contributed by atoms with E-state index in [0.717, 1.165) is 16.1 Å².